The minimum Gasteiger partial charge on any atom is -0.354 e. The molecule has 1 heterocycles. The maximum absolute atomic E-state index is 11.5. The predicted octanol–water partition coefficient (Wildman–Crippen LogP) is -0.136. The molecule has 0 fully saturated rings. The van der Waals surface area contributed by atoms with Gasteiger partial charge >= 0.3 is 0 Å². The molecule has 6 heteroatoms. The van der Waals surface area contributed by atoms with Gasteiger partial charge in [-0.15, -0.1) is 0 Å². The quantitative estimate of drug-likeness (QED) is 0.656. The Labute approximate surface area is 106 Å². The van der Waals surface area contributed by atoms with Gasteiger partial charge in [0, 0.05) is 24.7 Å². The largest absolute Gasteiger partial charge is 0.354 e. The molecule has 0 saturated carbocycles. The van der Waals surface area contributed by atoms with Crippen molar-refractivity contribution in [3.05, 3.63) is 27.9 Å². The molecule has 0 spiro atoms. The van der Waals surface area contributed by atoms with E-state index in [0.29, 0.717) is 30.9 Å². The van der Waals surface area contributed by atoms with Crippen molar-refractivity contribution in [2.45, 2.75) is 39.2 Å². The molecule has 1 rings (SSSR count). The lowest BCUT2D eigenvalue weighted by atomic mass is 10.1. The van der Waals surface area contributed by atoms with Crippen LogP contribution in [-0.2, 0) is 11.2 Å². The lowest BCUT2D eigenvalue weighted by Crippen LogP contribution is -2.41. The van der Waals surface area contributed by atoms with E-state index >= 15 is 0 Å². The number of hydrogen-bond donors (Lipinski definition) is 3. The van der Waals surface area contributed by atoms with Crippen LogP contribution < -0.4 is 16.6 Å². The monoisotopic (exact) mass is 252 g/mol. The normalized spacial score (nSPS) is 12.2. The number of nitrogens with zero attached hydrogens (tertiary/aromatic N) is 1. The van der Waals surface area contributed by atoms with Crippen molar-refractivity contribution in [1.29, 1.82) is 0 Å². The summed E-state index contributed by atoms with van der Waals surface area (Å²) < 4.78 is 0. The standard InChI is InChI=1S/C12H20N4O2/c1-3-4-9(13)12(18)14-6-5-10-15-8(2)7-11(17)16-10/h7,9H,3-6,13H2,1-2H3,(H,14,18)(H,15,16,17)/t9-/m0/s1. The molecular formula is C12H20N4O2. The van der Waals surface area contributed by atoms with E-state index < -0.39 is 6.04 Å². The molecule has 0 radical (unpaired) electrons. The summed E-state index contributed by atoms with van der Waals surface area (Å²) in [5.41, 5.74) is 6.16. The maximum Gasteiger partial charge on any atom is 0.251 e. The summed E-state index contributed by atoms with van der Waals surface area (Å²) in [6.07, 6.45) is 2.04. The number of hydrogen-bond acceptors (Lipinski definition) is 4. The number of rotatable bonds is 6. The van der Waals surface area contributed by atoms with E-state index in [4.69, 9.17) is 5.73 Å². The Hall–Kier alpha value is -1.69. The van der Waals surface area contributed by atoms with Crippen LogP contribution in [0.2, 0.25) is 0 Å². The number of nitrogens with one attached hydrogen (secondary N) is 2. The maximum atomic E-state index is 11.5. The highest BCUT2D eigenvalue weighted by molar-refractivity contribution is 5.81. The molecule has 1 atom stereocenters. The number of amides is 1. The van der Waals surface area contributed by atoms with Crippen molar-refractivity contribution in [3.8, 4) is 0 Å². The van der Waals surface area contributed by atoms with Gasteiger partial charge in [-0.2, -0.15) is 0 Å². The second-order valence-corrected chi connectivity index (χ2v) is 4.27. The van der Waals surface area contributed by atoms with E-state index in [0.717, 1.165) is 6.42 Å². The molecule has 1 amide bonds. The molecule has 0 bridgehead atoms. The van der Waals surface area contributed by atoms with Crippen LogP contribution in [0.15, 0.2) is 10.9 Å². The lowest BCUT2D eigenvalue weighted by molar-refractivity contribution is -0.122. The van der Waals surface area contributed by atoms with Gasteiger partial charge in [0.2, 0.25) is 5.91 Å². The molecule has 1 aromatic rings. The van der Waals surface area contributed by atoms with E-state index in [2.05, 4.69) is 15.3 Å². The second kappa shape index (κ2) is 6.90. The SMILES string of the molecule is CCC[C@H](N)C(=O)NCCc1nc(C)cc(=O)[nH]1. The minimum absolute atomic E-state index is 0.160. The fourth-order valence-corrected chi connectivity index (χ4v) is 1.64. The van der Waals surface area contributed by atoms with Crippen molar-refractivity contribution in [3.63, 3.8) is 0 Å². The highest BCUT2D eigenvalue weighted by Crippen LogP contribution is 1.94. The van der Waals surface area contributed by atoms with Crippen molar-refractivity contribution in [2.75, 3.05) is 6.54 Å². The molecule has 0 unspecified atom stereocenters. The summed E-state index contributed by atoms with van der Waals surface area (Å²) in [6.45, 7) is 4.16. The van der Waals surface area contributed by atoms with Gasteiger partial charge in [0.15, 0.2) is 0 Å². The highest BCUT2D eigenvalue weighted by Gasteiger charge is 2.11. The molecule has 0 aliphatic heterocycles. The Balaban J connectivity index is 2.42. The van der Waals surface area contributed by atoms with Gasteiger partial charge in [-0.05, 0) is 13.3 Å². The van der Waals surface area contributed by atoms with Crippen LogP contribution in [0, 0.1) is 6.92 Å². The molecule has 1 aromatic heterocycles. The minimum atomic E-state index is -0.459. The molecular weight excluding hydrogens is 232 g/mol. The highest BCUT2D eigenvalue weighted by atomic mass is 16.2. The van der Waals surface area contributed by atoms with E-state index in [1.807, 2.05) is 6.92 Å². The number of aromatic amines is 1. The van der Waals surface area contributed by atoms with Gasteiger partial charge in [-0.3, -0.25) is 9.59 Å². The summed E-state index contributed by atoms with van der Waals surface area (Å²) in [7, 11) is 0. The Morgan fingerprint density at radius 2 is 2.33 bits per heavy atom. The number of carbonyl (C=O) groups is 1. The first-order chi connectivity index (χ1) is 8.52. The number of H-pyrrole nitrogens is 1. The van der Waals surface area contributed by atoms with Crippen LogP contribution in [0.5, 0.6) is 0 Å². The number of aromatic nitrogens is 2. The molecule has 100 valence electrons. The smallest absolute Gasteiger partial charge is 0.251 e. The number of nitrogens with two attached hydrogens (primary N) is 1. The third-order valence-corrected chi connectivity index (χ3v) is 2.52. The topological polar surface area (TPSA) is 101 Å². The number of carbonyl (C=O) groups excluding carboxylic acids is 1. The van der Waals surface area contributed by atoms with Crippen LogP contribution in [0.1, 0.15) is 31.3 Å². The van der Waals surface area contributed by atoms with Crippen LogP contribution in [-0.4, -0.2) is 28.5 Å². The molecule has 0 saturated heterocycles. The fraction of sp³-hybridized carbons (Fsp3) is 0.583. The first-order valence-electron chi connectivity index (χ1n) is 6.13. The Morgan fingerprint density at radius 1 is 1.61 bits per heavy atom. The van der Waals surface area contributed by atoms with Crippen molar-refractivity contribution in [2.24, 2.45) is 5.73 Å². The zero-order valence-electron chi connectivity index (χ0n) is 10.8. The molecule has 0 aromatic carbocycles. The van der Waals surface area contributed by atoms with Gasteiger partial charge < -0.3 is 16.0 Å². The third kappa shape index (κ3) is 4.67. The lowest BCUT2D eigenvalue weighted by Gasteiger charge is -2.10. The van der Waals surface area contributed by atoms with Gasteiger partial charge in [-0.1, -0.05) is 13.3 Å². The predicted molar refractivity (Wildman–Crippen MR) is 69.2 cm³/mol. The molecule has 0 aliphatic carbocycles. The average Bonchev–Trinajstić information content (AvgIpc) is 2.27. The van der Waals surface area contributed by atoms with E-state index in [1.54, 1.807) is 6.92 Å². The molecule has 6 nitrogen and oxygen atoms in total. The van der Waals surface area contributed by atoms with E-state index in [9.17, 15) is 9.59 Å². The van der Waals surface area contributed by atoms with Gasteiger partial charge in [0.25, 0.3) is 5.56 Å². The first-order valence-corrected chi connectivity index (χ1v) is 6.13. The van der Waals surface area contributed by atoms with Crippen LogP contribution in [0.25, 0.3) is 0 Å². The van der Waals surface area contributed by atoms with Crippen LogP contribution >= 0.6 is 0 Å². The summed E-state index contributed by atoms with van der Waals surface area (Å²) >= 11 is 0. The Morgan fingerprint density at radius 3 is 2.94 bits per heavy atom. The van der Waals surface area contributed by atoms with Crippen molar-refractivity contribution >= 4 is 5.91 Å². The van der Waals surface area contributed by atoms with Gasteiger partial charge in [0.1, 0.15) is 5.82 Å². The summed E-state index contributed by atoms with van der Waals surface area (Å²) in [5, 5.41) is 2.73. The van der Waals surface area contributed by atoms with E-state index in [-0.39, 0.29) is 11.5 Å². The van der Waals surface area contributed by atoms with Gasteiger partial charge in [0.05, 0.1) is 6.04 Å². The first kappa shape index (κ1) is 14.4. The summed E-state index contributed by atoms with van der Waals surface area (Å²) in [6, 6.07) is 0.971. The summed E-state index contributed by atoms with van der Waals surface area (Å²) in [4.78, 5) is 29.5. The van der Waals surface area contributed by atoms with Gasteiger partial charge in [-0.25, -0.2) is 4.98 Å². The molecule has 4 N–H and O–H groups in total. The zero-order valence-corrected chi connectivity index (χ0v) is 10.8. The third-order valence-electron chi connectivity index (χ3n) is 2.52. The fourth-order valence-electron chi connectivity index (χ4n) is 1.64. The van der Waals surface area contributed by atoms with Crippen LogP contribution in [0.4, 0.5) is 0 Å². The zero-order chi connectivity index (χ0) is 13.5. The average molecular weight is 252 g/mol. The van der Waals surface area contributed by atoms with Crippen molar-refractivity contribution < 1.29 is 4.79 Å². The summed E-state index contributed by atoms with van der Waals surface area (Å²) in [5.74, 6) is 0.413. The molecule has 18 heavy (non-hydrogen) atoms. The second-order valence-electron chi connectivity index (χ2n) is 4.27. The Kier molecular flexibility index (Phi) is 5.51. The molecule has 0 aliphatic rings. The Bertz CT molecular complexity index is 456. The van der Waals surface area contributed by atoms with Crippen LogP contribution in [0.3, 0.4) is 0 Å². The number of aryl methyl sites for hydroxylation is 1. The van der Waals surface area contributed by atoms with E-state index in [1.165, 1.54) is 6.07 Å². The van der Waals surface area contributed by atoms with Crippen molar-refractivity contribution in [1.82, 2.24) is 15.3 Å².